The number of hydrogen-bond acceptors (Lipinski definition) is 3. The van der Waals surface area contributed by atoms with Crippen molar-refractivity contribution in [3.63, 3.8) is 0 Å². The normalized spacial score (nSPS) is 24.9. The molecule has 120 valence electrons. The molecule has 0 aliphatic heterocycles. The number of ether oxygens (including phenoxy) is 1. The van der Waals surface area contributed by atoms with Gasteiger partial charge in [-0.2, -0.15) is 18.3 Å². The van der Waals surface area contributed by atoms with Crippen LogP contribution in [0.1, 0.15) is 44.3 Å². The first-order valence-corrected chi connectivity index (χ1v) is 7.32. The lowest BCUT2D eigenvalue weighted by molar-refractivity contribution is -0.198. The summed E-state index contributed by atoms with van der Waals surface area (Å²) in [4.78, 5) is 0. The number of nitrogens with zero attached hydrogens (tertiary/aromatic N) is 2. The summed E-state index contributed by atoms with van der Waals surface area (Å²) in [6, 6.07) is -0.714. The van der Waals surface area contributed by atoms with Gasteiger partial charge in [0.2, 0.25) is 0 Å². The van der Waals surface area contributed by atoms with Crippen LogP contribution >= 0.6 is 0 Å². The second-order valence-corrected chi connectivity index (χ2v) is 5.54. The van der Waals surface area contributed by atoms with Crippen LogP contribution in [-0.2, 0) is 6.54 Å². The molecule has 4 nitrogen and oxygen atoms in total. The number of aryl methyl sites for hydroxylation is 1. The van der Waals surface area contributed by atoms with Crippen molar-refractivity contribution in [2.24, 2.45) is 17.6 Å². The van der Waals surface area contributed by atoms with E-state index in [0.29, 0.717) is 30.8 Å². The van der Waals surface area contributed by atoms with Gasteiger partial charge in [0.15, 0.2) is 5.75 Å². The van der Waals surface area contributed by atoms with Crippen LogP contribution in [0.5, 0.6) is 5.75 Å². The maximum absolute atomic E-state index is 13.2. The van der Waals surface area contributed by atoms with Gasteiger partial charge >= 0.3 is 6.18 Å². The lowest BCUT2D eigenvalue weighted by Crippen LogP contribution is -2.39. The summed E-state index contributed by atoms with van der Waals surface area (Å²) in [5.74, 6) is -1.49. The Hall–Kier alpha value is -1.24. The van der Waals surface area contributed by atoms with E-state index in [-0.39, 0.29) is 6.42 Å². The minimum Gasteiger partial charge on any atom is -0.493 e. The van der Waals surface area contributed by atoms with Crippen LogP contribution in [0, 0.1) is 11.8 Å². The van der Waals surface area contributed by atoms with Gasteiger partial charge in [-0.15, -0.1) is 0 Å². The quantitative estimate of drug-likeness (QED) is 0.928. The van der Waals surface area contributed by atoms with E-state index in [9.17, 15) is 13.2 Å². The summed E-state index contributed by atoms with van der Waals surface area (Å²) in [6.45, 7) is 2.43. The summed E-state index contributed by atoms with van der Waals surface area (Å²) in [6.07, 6.45) is -0.643. The SMILES string of the molecule is CCn1ncc(OC)c1C(N)C1CCCCC1C(F)(F)F. The first-order chi connectivity index (χ1) is 9.90. The summed E-state index contributed by atoms with van der Waals surface area (Å²) in [5.41, 5.74) is 6.78. The minimum absolute atomic E-state index is 0.157. The highest BCUT2D eigenvalue weighted by Crippen LogP contribution is 2.46. The topological polar surface area (TPSA) is 53.1 Å². The standard InChI is InChI=1S/C14H22F3N3O/c1-3-20-13(11(21-2)8-19-20)12(18)9-6-4-5-7-10(9)14(15,16)17/h8-10,12H,3-7,18H2,1-2H3. The summed E-state index contributed by atoms with van der Waals surface area (Å²) < 4.78 is 46.6. The van der Waals surface area contributed by atoms with Crippen LogP contribution in [0.3, 0.4) is 0 Å². The van der Waals surface area contributed by atoms with E-state index in [1.165, 1.54) is 13.3 Å². The Kier molecular flexibility index (Phi) is 4.81. The average molecular weight is 305 g/mol. The van der Waals surface area contributed by atoms with Crippen LogP contribution < -0.4 is 10.5 Å². The van der Waals surface area contributed by atoms with Crippen LogP contribution in [0.2, 0.25) is 0 Å². The van der Waals surface area contributed by atoms with Crippen LogP contribution in [0.4, 0.5) is 13.2 Å². The third-order valence-corrected chi connectivity index (χ3v) is 4.38. The summed E-state index contributed by atoms with van der Waals surface area (Å²) in [5, 5.41) is 4.14. The van der Waals surface area contributed by atoms with Crippen molar-refractivity contribution in [1.29, 1.82) is 0 Å². The Bertz CT molecular complexity index is 451. The molecule has 1 heterocycles. The van der Waals surface area contributed by atoms with Gasteiger partial charge in [0.25, 0.3) is 0 Å². The molecule has 2 rings (SSSR count). The molecular weight excluding hydrogens is 283 g/mol. The first kappa shape index (κ1) is 16.1. The fraction of sp³-hybridized carbons (Fsp3) is 0.786. The third-order valence-electron chi connectivity index (χ3n) is 4.38. The fourth-order valence-corrected chi connectivity index (χ4v) is 3.32. The van der Waals surface area contributed by atoms with Crippen LogP contribution in [0.25, 0.3) is 0 Å². The highest BCUT2D eigenvalue weighted by molar-refractivity contribution is 5.29. The molecular formula is C14H22F3N3O. The second kappa shape index (κ2) is 6.25. The highest BCUT2D eigenvalue weighted by Gasteiger charge is 2.48. The fourth-order valence-electron chi connectivity index (χ4n) is 3.32. The van der Waals surface area contributed by atoms with Crippen molar-refractivity contribution in [2.75, 3.05) is 7.11 Å². The molecule has 2 N–H and O–H groups in total. The van der Waals surface area contributed by atoms with Gasteiger partial charge in [0.1, 0.15) is 0 Å². The Morgan fingerprint density at radius 2 is 2.10 bits per heavy atom. The third kappa shape index (κ3) is 3.17. The molecule has 1 fully saturated rings. The Balaban J connectivity index is 2.33. The van der Waals surface area contributed by atoms with E-state index in [1.807, 2.05) is 6.92 Å². The molecule has 1 aromatic heterocycles. The zero-order valence-corrected chi connectivity index (χ0v) is 12.4. The monoisotopic (exact) mass is 305 g/mol. The second-order valence-electron chi connectivity index (χ2n) is 5.54. The maximum atomic E-state index is 13.2. The predicted octanol–water partition coefficient (Wildman–Crippen LogP) is 3.28. The first-order valence-electron chi connectivity index (χ1n) is 7.32. The number of halogens is 3. The molecule has 3 unspecified atom stereocenters. The molecule has 1 aliphatic carbocycles. The van der Waals surface area contributed by atoms with Crippen molar-refractivity contribution in [2.45, 2.75) is 51.4 Å². The smallest absolute Gasteiger partial charge is 0.392 e. The molecule has 21 heavy (non-hydrogen) atoms. The zero-order chi connectivity index (χ0) is 15.6. The molecule has 0 spiro atoms. The zero-order valence-electron chi connectivity index (χ0n) is 12.4. The van der Waals surface area contributed by atoms with Gasteiger partial charge in [0, 0.05) is 6.54 Å². The van der Waals surface area contributed by atoms with Gasteiger partial charge in [0.05, 0.1) is 31.0 Å². The number of methoxy groups -OCH3 is 1. The van der Waals surface area contributed by atoms with Gasteiger partial charge in [-0.05, 0) is 25.7 Å². The number of nitrogens with two attached hydrogens (primary N) is 1. The molecule has 1 aromatic rings. The van der Waals surface area contributed by atoms with Gasteiger partial charge in [-0.3, -0.25) is 4.68 Å². The number of alkyl halides is 3. The van der Waals surface area contributed by atoms with Gasteiger partial charge in [-0.1, -0.05) is 12.8 Å². The molecule has 0 saturated heterocycles. The van der Waals surface area contributed by atoms with E-state index in [2.05, 4.69) is 5.10 Å². The lowest BCUT2D eigenvalue weighted by Gasteiger charge is -2.36. The minimum atomic E-state index is -4.20. The Morgan fingerprint density at radius 1 is 1.43 bits per heavy atom. The molecule has 0 aromatic carbocycles. The highest BCUT2D eigenvalue weighted by atomic mass is 19.4. The number of rotatable bonds is 4. The van der Waals surface area contributed by atoms with Crippen LogP contribution in [-0.4, -0.2) is 23.1 Å². The molecule has 1 saturated carbocycles. The average Bonchev–Trinajstić information content (AvgIpc) is 2.88. The molecule has 7 heteroatoms. The molecule has 0 bridgehead atoms. The predicted molar refractivity (Wildman–Crippen MR) is 72.9 cm³/mol. The van der Waals surface area contributed by atoms with Crippen molar-refractivity contribution in [3.8, 4) is 5.75 Å². The van der Waals surface area contributed by atoms with E-state index in [4.69, 9.17) is 10.5 Å². The molecule has 1 aliphatic rings. The number of aromatic nitrogens is 2. The summed E-state index contributed by atoms with van der Waals surface area (Å²) in [7, 11) is 1.48. The van der Waals surface area contributed by atoms with Crippen LogP contribution in [0.15, 0.2) is 6.20 Å². The van der Waals surface area contributed by atoms with Crippen molar-refractivity contribution >= 4 is 0 Å². The lowest BCUT2D eigenvalue weighted by atomic mass is 9.74. The van der Waals surface area contributed by atoms with E-state index >= 15 is 0 Å². The van der Waals surface area contributed by atoms with Crippen molar-refractivity contribution in [3.05, 3.63) is 11.9 Å². The van der Waals surface area contributed by atoms with E-state index in [1.54, 1.807) is 4.68 Å². The number of hydrogen-bond donors (Lipinski definition) is 1. The van der Waals surface area contributed by atoms with Gasteiger partial charge in [-0.25, -0.2) is 0 Å². The summed E-state index contributed by atoms with van der Waals surface area (Å²) >= 11 is 0. The van der Waals surface area contributed by atoms with Gasteiger partial charge < -0.3 is 10.5 Å². The van der Waals surface area contributed by atoms with Crippen molar-refractivity contribution in [1.82, 2.24) is 9.78 Å². The Morgan fingerprint density at radius 3 is 2.67 bits per heavy atom. The maximum Gasteiger partial charge on any atom is 0.392 e. The van der Waals surface area contributed by atoms with E-state index in [0.717, 1.165) is 6.42 Å². The Labute approximate surface area is 122 Å². The molecule has 0 radical (unpaired) electrons. The molecule has 3 atom stereocenters. The molecule has 0 amide bonds. The van der Waals surface area contributed by atoms with E-state index < -0.39 is 24.1 Å². The largest absolute Gasteiger partial charge is 0.493 e. The van der Waals surface area contributed by atoms with Crippen molar-refractivity contribution < 1.29 is 17.9 Å².